The summed E-state index contributed by atoms with van der Waals surface area (Å²) in [5.41, 5.74) is 1.01. The third kappa shape index (κ3) is 5.59. The van der Waals surface area contributed by atoms with Crippen molar-refractivity contribution in [3.05, 3.63) is 35.9 Å². The Morgan fingerprint density at radius 1 is 0.821 bits per heavy atom. The normalized spacial score (nSPS) is 17.2. The summed E-state index contributed by atoms with van der Waals surface area (Å²) >= 11 is 0. The van der Waals surface area contributed by atoms with Crippen LogP contribution in [0, 0.1) is 0 Å². The summed E-state index contributed by atoms with van der Waals surface area (Å²) < 4.78 is 5.25. The van der Waals surface area contributed by atoms with E-state index in [0.29, 0.717) is 58.9 Å². The molecule has 152 valence electrons. The van der Waals surface area contributed by atoms with Gasteiger partial charge in [-0.1, -0.05) is 30.3 Å². The van der Waals surface area contributed by atoms with E-state index in [0.717, 1.165) is 5.56 Å². The Hall–Kier alpha value is -2.81. The Labute approximate surface area is 163 Å². The quantitative estimate of drug-likeness (QED) is 0.570. The highest BCUT2D eigenvalue weighted by molar-refractivity contribution is 5.75. The first kappa shape index (κ1) is 19.9. The zero-order chi connectivity index (χ0) is 19.8. The highest BCUT2D eigenvalue weighted by atomic mass is 17.2. The minimum Gasteiger partial charge on any atom is -0.378 e. The molecule has 9 nitrogen and oxygen atoms in total. The van der Waals surface area contributed by atoms with E-state index in [4.69, 9.17) is 4.74 Å². The van der Waals surface area contributed by atoms with E-state index in [1.165, 1.54) is 4.90 Å². The number of carbonyl (C=O) groups is 3. The molecule has 1 aromatic rings. The van der Waals surface area contributed by atoms with Gasteiger partial charge in [-0.05, 0) is 12.0 Å². The van der Waals surface area contributed by atoms with Crippen molar-refractivity contribution in [2.24, 2.45) is 0 Å². The van der Waals surface area contributed by atoms with Crippen LogP contribution in [0.15, 0.2) is 30.3 Å². The first-order valence-electron chi connectivity index (χ1n) is 9.45. The number of amides is 3. The van der Waals surface area contributed by atoms with E-state index < -0.39 is 12.1 Å². The van der Waals surface area contributed by atoms with Crippen molar-refractivity contribution < 1.29 is 28.9 Å². The molecule has 28 heavy (non-hydrogen) atoms. The fraction of sp³-hybridized carbons (Fsp3) is 0.526. The summed E-state index contributed by atoms with van der Waals surface area (Å²) in [5.74, 6) is -0.599. The van der Waals surface area contributed by atoms with E-state index in [1.807, 2.05) is 30.3 Å². The smallest absolute Gasteiger partial charge is 0.378 e. The van der Waals surface area contributed by atoms with Crippen molar-refractivity contribution in [3.63, 3.8) is 0 Å². The second-order valence-corrected chi connectivity index (χ2v) is 6.65. The van der Waals surface area contributed by atoms with Crippen LogP contribution in [0.2, 0.25) is 0 Å². The molecule has 0 N–H and O–H groups in total. The van der Waals surface area contributed by atoms with Gasteiger partial charge < -0.3 is 19.4 Å². The first-order chi connectivity index (χ1) is 13.6. The van der Waals surface area contributed by atoms with Crippen molar-refractivity contribution in [3.8, 4) is 0 Å². The number of morpholine rings is 1. The molecule has 2 heterocycles. The monoisotopic (exact) mass is 391 g/mol. The zero-order valence-electron chi connectivity index (χ0n) is 15.7. The fourth-order valence-corrected chi connectivity index (χ4v) is 3.10. The van der Waals surface area contributed by atoms with Crippen molar-refractivity contribution in [2.75, 3.05) is 52.5 Å². The second-order valence-electron chi connectivity index (χ2n) is 6.65. The molecule has 2 aliphatic heterocycles. The number of aryl methyl sites for hydroxylation is 1. The standard InChI is InChI=1S/C19H25N3O6/c23-17(7-6-16-4-2-1-3-5-16)27-28-19(25)22-10-8-20(9-11-22)18(24)21-12-14-26-15-13-21/h1-5H,6-15H2. The van der Waals surface area contributed by atoms with Crippen molar-refractivity contribution in [1.29, 1.82) is 0 Å². The summed E-state index contributed by atoms with van der Waals surface area (Å²) in [5, 5.41) is 0. The average molecular weight is 391 g/mol. The summed E-state index contributed by atoms with van der Waals surface area (Å²) in [6, 6.07) is 9.48. The largest absolute Gasteiger partial charge is 0.453 e. The number of piperazine rings is 1. The molecule has 0 bridgehead atoms. The Bertz CT molecular complexity index is 670. The van der Waals surface area contributed by atoms with E-state index in [1.54, 1.807) is 9.80 Å². The molecular weight excluding hydrogens is 366 g/mol. The molecule has 0 aromatic heterocycles. The fourth-order valence-electron chi connectivity index (χ4n) is 3.10. The molecule has 0 unspecified atom stereocenters. The summed E-state index contributed by atoms with van der Waals surface area (Å²) in [6.45, 7) is 3.74. The number of ether oxygens (including phenoxy) is 1. The van der Waals surface area contributed by atoms with Crippen molar-refractivity contribution >= 4 is 18.1 Å². The maximum atomic E-state index is 12.4. The van der Waals surface area contributed by atoms with Crippen LogP contribution >= 0.6 is 0 Å². The molecule has 1 aromatic carbocycles. The number of rotatable bonds is 3. The number of hydrogen-bond donors (Lipinski definition) is 0. The van der Waals surface area contributed by atoms with Gasteiger partial charge in [0.05, 0.1) is 19.6 Å². The molecule has 2 saturated heterocycles. The number of hydrogen-bond acceptors (Lipinski definition) is 6. The number of benzene rings is 1. The molecule has 2 aliphatic rings. The molecule has 0 saturated carbocycles. The Morgan fingerprint density at radius 2 is 1.43 bits per heavy atom. The minimum absolute atomic E-state index is 0.0383. The molecular formula is C19H25N3O6. The molecule has 0 radical (unpaired) electrons. The molecule has 9 heteroatoms. The summed E-state index contributed by atoms with van der Waals surface area (Å²) in [4.78, 5) is 50.4. The first-order valence-corrected chi connectivity index (χ1v) is 9.45. The molecule has 3 rings (SSSR count). The van der Waals surface area contributed by atoms with Gasteiger partial charge in [-0.15, -0.1) is 0 Å². The maximum Gasteiger partial charge on any atom is 0.453 e. The van der Waals surface area contributed by atoms with Gasteiger partial charge in [-0.25, -0.2) is 24.2 Å². The van der Waals surface area contributed by atoms with Crippen LogP contribution < -0.4 is 0 Å². The zero-order valence-corrected chi connectivity index (χ0v) is 15.7. The molecule has 0 spiro atoms. The van der Waals surface area contributed by atoms with Gasteiger partial charge >= 0.3 is 18.1 Å². The topological polar surface area (TPSA) is 88.6 Å². The Kier molecular flexibility index (Phi) is 7.07. The van der Waals surface area contributed by atoms with E-state index in [9.17, 15) is 14.4 Å². The van der Waals surface area contributed by atoms with Crippen LogP contribution in [-0.4, -0.2) is 85.3 Å². The highest BCUT2D eigenvalue weighted by Gasteiger charge is 2.29. The molecule has 0 aliphatic carbocycles. The highest BCUT2D eigenvalue weighted by Crippen LogP contribution is 2.10. The molecule has 2 fully saturated rings. The third-order valence-corrected chi connectivity index (χ3v) is 4.76. The van der Waals surface area contributed by atoms with Gasteiger partial charge in [-0.2, -0.15) is 0 Å². The Balaban J connectivity index is 1.34. The van der Waals surface area contributed by atoms with Crippen LogP contribution in [0.1, 0.15) is 12.0 Å². The van der Waals surface area contributed by atoms with E-state index >= 15 is 0 Å². The number of nitrogens with zero attached hydrogens (tertiary/aromatic N) is 3. The molecule has 0 atom stereocenters. The van der Waals surface area contributed by atoms with Crippen LogP contribution in [0.5, 0.6) is 0 Å². The van der Waals surface area contributed by atoms with E-state index in [2.05, 4.69) is 9.78 Å². The maximum absolute atomic E-state index is 12.4. The SMILES string of the molecule is O=C(CCc1ccccc1)OOC(=O)N1CCN(C(=O)N2CCOCC2)CC1. The predicted molar refractivity (Wildman–Crippen MR) is 98.3 cm³/mol. The van der Waals surface area contributed by atoms with Gasteiger partial charge in [0.25, 0.3) is 0 Å². The van der Waals surface area contributed by atoms with Gasteiger partial charge in [0, 0.05) is 39.3 Å². The lowest BCUT2D eigenvalue weighted by Crippen LogP contribution is -2.55. The predicted octanol–water partition coefficient (Wildman–Crippen LogP) is 1.28. The second kappa shape index (κ2) is 9.93. The third-order valence-electron chi connectivity index (χ3n) is 4.76. The van der Waals surface area contributed by atoms with Gasteiger partial charge in [-0.3, -0.25) is 0 Å². The number of urea groups is 1. The lowest BCUT2D eigenvalue weighted by atomic mass is 10.1. The van der Waals surface area contributed by atoms with Crippen molar-refractivity contribution in [1.82, 2.24) is 14.7 Å². The van der Waals surface area contributed by atoms with Crippen LogP contribution in [0.3, 0.4) is 0 Å². The summed E-state index contributed by atoms with van der Waals surface area (Å²) in [7, 11) is 0. The average Bonchev–Trinajstić information content (AvgIpc) is 2.77. The van der Waals surface area contributed by atoms with Gasteiger partial charge in [0.15, 0.2) is 0 Å². The number of carbonyl (C=O) groups excluding carboxylic acids is 3. The lowest BCUT2D eigenvalue weighted by Gasteiger charge is -2.37. The van der Waals surface area contributed by atoms with Crippen molar-refractivity contribution in [2.45, 2.75) is 12.8 Å². The van der Waals surface area contributed by atoms with Crippen LogP contribution in [0.4, 0.5) is 9.59 Å². The lowest BCUT2D eigenvalue weighted by molar-refractivity contribution is -0.237. The molecule has 3 amide bonds. The minimum atomic E-state index is -0.716. The van der Waals surface area contributed by atoms with Crippen LogP contribution in [0.25, 0.3) is 0 Å². The van der Waals surface area contributed by atoms with Crippen LogP contribution in [-0.2, 0) is 25.7 Å². The van der Waals surface area contributed by atoms with E-state index in [-0.39, 0.29) is 12.5 Å². The Morgan fingerprint density at radius 3 is 2.11 bits per heavy atom. The van der Waals surface area contributed by atoms with Gasteiger partial charge in [0.2, 0.25) is 0 Å². The summed E-state index contributed by atoms with van der Waals surface area (Å²) in [6.07, 6.45) is -0.0786. The van der Waals surface area contributed by atoms with Gasteiger partial charge in [0.1, 0.15) is 0 Å².